The number of esters is 1. The van der Waals surface area contributed by atoms with Gasteiger partial charge < -0.3 is 9.84 Å². The van der Waals surface area contributed by atoms with Crippen LogP contribution in [0.15, 0.2) is 18.3 Å². The minimum Gasteiger partial charge on any atom is -0.505 e. The highest BCUT2D eigenvalue weighted by Gasteiger charge is 2.20. The molecule has 1 N–H and O–H groups in total. The molecule has 4 nitrogen and oxygen atoms in total. The van der Waals surface area contributed by atoms with E-state index in [2.05, 4.69) is 11.1 Å². The lowest BCUT2D eigenvalue weighted by molar-refractivity contribution is 0.0603. The molecule has 0 aliphatic rings. The van der Waals surface area contributed by atoms with Crippen LogP contribution in [0.3, 0.4) is 0 Å². The van der Waals surface area contributed by atoms with Gasteiger partial charge in [0.2, 0.25) is 0 Å². The number of carbonyl (C=O) groups excluding carboxylic acids is 1. The first-order valence-corrected chi connectivity index (χ1v) is 6.94. The van der Waals surface area contributed by atoms with Crippen molar-refractivity contribution in [3.63, 3.8) is 0 Å². The maximum absolute atomic E-state index is 11.7. The van der Waals surface area contributed by atoms with Crippen LogP contribution >= 0.6 is 11.3 Å². The minimum atomic E-state index is -0.526. The first kappa shape index (κ1) is 12.9. The summed E-state index contributed by atoms with van der Waals surface area (Å²) in [7, 11) is 1.30. The molecule has 0 aliphatic heterocycles. The minimum absolute atomic E-state index is 0.0498. The van der Waals surface area contributed by atoms with Crippen molar-refractivity contribution in [2.24, 2.45) is 0 Å². The lowest BCUT2D eigenvalue weighted by atomic mass is 10.1. The number of carbonyl (C=O) groups is 1. The molecule has 20 heavy (non-hydrogen) atoms. The Kier molecular flexibility index (Phi) is 2.87. The summed E-state index contributed by atoms with van der Waals surface area (Å²) < 4.78 is 5.57. The number of nitrogens with zero attached hydrogens (tertiary/aromatic N) is 1. The third-order valence-corrected chi connectivity index (χ3v) is 4.50. The fraction of sp³-hybridized carbons (Fsp3) is 0.200. The molecule has 2 heterocycles. The summed E-state index contributed by atoms with van der Waals surface area (Å²) in [5.74, 6) is -0.576. The first-order chi connectivity index (χ1) is 9.52. The van der Waals surface area contributed by atoms with Crippen molar-refractivity contribution in [3.8, 4) is 5.75 Å². The van der Waals surface area contributed by atoms with Gasteiger partial charge >= 0.3 is 5.97 Å². The van der Waals surface area contributed by atoms with Crippen LogP contribution in [0, 0.1) is 13.8 Å². The maximum atomic E-state index is 11.7. The molecule has 0 saturated carbocycles. The number of methoxy groups -OCH3 is 1. The van der Waals surface area contributed by atoms with Gasteiger partial charge in [0.15, 0.2) is 4.88 Å². The van der Waals surface area contributed by atoms with E-state index < -0.39 is 5.97 Å². The van der Waals surface area contributed by atoms with Gasteiger partial charge in [0.25, 0.3) is 0 Å². The zero-order valence-electron chi connectivity index (χ0n) is 11.4. The van der Waals surface area contributed by atoms with E-state index in [1.54, 1.807) is 6.20 Å². The summed E-state index contributed by atoms with van der Waals surface area (Å²) in [4.78, 5) is 16.3. The van der Waals surface area contributed by atoms with E-state index in [0.717, 1.165) is 26.7 Å². The van der Waals surface area contributed by atoms with Crippen LogP contribution in [0.5, 0.6) is 5.75 Å². The third kappa shape index (κ3) is 1.74. The number of aromatic nitrogens is 1. The lowest BCUT2D eigenvalue weighted by Gasteiger charge is -2.04. The van der Waals surface area contributed by atoms with Gasteiger partial charge in [-0.2, -0.15) is 0 Å². The number of hydrogen-bond donors (Lipinski definition) is 1. The molecular formula is C15H13NO3S. The van der Waals surface area contributed by atoms with E-state index in [-0.39, 0.29) is 10.6 Å². The van der Waals surface area contributed by atoms with Gasteiger partial charge in [-0.1, -0.05) is 6.07 Å². The molecule has 0 atom stereocenters. The molecule has 2 aromatic heterocycles. The number of benzene rings is 1. The highest BCUT2D eigenvalue weighted by Crippen LogP contribution is 2.41. The van der Waals surface area contributed by atoms with E-state index in [1.807, 2.05) is 19.9 Å². The van der Waals surface area contributed by atoms with Crippen molar-refractivity contribution in [3.05, 3.63) is 34.3 Å². The molecule has 1 aromatic carbocycles. The fourth-order valence-electron chi connectivity index (χ4n) is 2.45. The number of ether oxygens (including phenoxy) is 1. The van der Waals surface area contributed by atoms with Crippen LogP contribution in [0.4, 0.5) is 0 Å². The second kappa shape index (κ2) is 4.45. The van der Waals surface area contributed by atoms with Gasteiger partial charge in [0, 0.05) is 11.6 Å². The van der Waals surface area contributed by atoms with Gasteiger partial charge in [-0.05, 0) is 31.0 Å². The standard InChI is InChI=1S/C15H13NO3S/c1-7-4-8(2)11-10(5-7)16-6-9-12(17)14(15(18)19-3)20-13(9)11/h4-6,17H,1-3H3. The number of rotatable bonds is 1. The monoisotopic (exact) mass is 287 g/mol. The molecular weight excluding hydrogens is 274 g/mol. The zero-order valence-corrected chi connectivity index (χ0v) is 12.2. The summed E-state index contributed by atoms with van der Waals surface area (Å²) in [5, 5.41) is 11.7. The molecule has 0 aliphatic carbocycles. The van der Waals surface area contributed by atoms with Crippen LogP contribution in [0.2, 0.25) is 0 Å². The SMILES string of the molecule is COC(=O)c1sc2c(cnc3cc(C)cc(C)c32)c1O. The largest absolute Gasteiger partial charge is 0.505 e. The Hall–Kier alpha value is -2.14. The molecule has 5 heteroatoms. The van der Waals surface area contributed by atoms with Gasteiger partial charge in [0.05, 0.1) is 22.7 Å². The Morgan fingerprint density at radius 3 is 2.80 bits per heavy atom. The molecule has 0 spiro atoms. The Morgan fingerprint density at radius 1 is 1.35 bits per heavy atom. The number of fused-ring (bicyclic) bond motifs is 3. The predicted octanol–water partition coefficient (Wildman–Crippen LogP) is 3.56. The van der Waals surface area contributed by atoms with Crippen molar-refractivity contribution in [1.82, 2.24) is 4.98 Å². The Bertz CT molecular complexity index is 851. The first-order valence-electron chi connectivity index (χ1n) is 6.12. The number of aromatic hydroxyl groups is 1. The normalized spacial score (nSPS) is 11.2. The van der Waals surface area contributed by atoms with E-state index in [1.165, 1.54) is 18.4 Å². The molecule has 0 bridgehead atoms. The van der Waals surface area contributed by atoms with Crippen LogP contribution in [0.1, 0.15) is 20.8 Å². The van der Waals surface area contributed by atoms with Gasteiger partial charge in [-0.15, -0.1) is 11.3 Å². The quantitative estimate of drug-likeness (QED) is 0.695. The molecule has 0 fully saturated rings. The summed E-state index contributed by atoms with van der Waals surface area (Å²) in [6.45, 7) is 4.02. The summed E-state index contributed by atoms with van der Waals surface area (Å²) in [5.41, 5.74) is 3.08. The Balaban J connectivity index is 2.46. The van der Waals surface area contributed by atoms with Crippen molar-refractivity contribution >= 4 is 38.3 Å². The van der Waals surface area contributed by atoms with Crippen molar-refractivity contribution < 1.29 is 14.6 Å². The predicted molar refractivity (Wildman–Crippen MR) is 79.6 cm³/mol. The number of pyridine rings is 1. The Labute approximate surface area is 119 Å². The lowest BCUT2D eigenvalue weighted by Crippen LogP contribution is -1.97. The molecule has 3 rings (SSSR count). The Morgan fingerprint density at radius 2 is 2.10 bits per heavy atom. The highest BCUT2D eigenvalue weighted by molar-refractivity contribution is 7.22. The van der Waals surface area contributed by atoms with Crippen molar-refractivity contribution in [2.45, 2.75) is 13.8 Å². The average molecular weight is 287 g/mol. The van der Waals surface area contributed by atoms with Gasteiger partial charge in [-0.3, -0.25) is 4.98 Å². The smallest absolute Gasteiger partial charge is 0.351 e. The van der Waals surface area contributed by atoms with E-state index >= 15 is 0 Å². The zero-order chi connectivity index (χ0) is 14.4. The number of aryl methyl sites for hydroxylation is 2. The third-order valence-electron chi connectivity index (χ3n) is 3.31. The van der Waals surface area contributed by atoms with Crippen LogP contribution in [0.25, 0.3) is 21.0 Å². The molecule has 0 radical (unpaired) electrons. The molecule has 0 amide bonds. The molecule has 0 saturated heterocycles. The number of hydrogen-bond acceptors (Lipinski definition) is 5. The van der Waals surface area contributed by atoms with Crippen molar-refractivity contribution in [1.29, 1.82) is 0 Å². The second-order valence-electron chi connectivity index (χ2n) is 4.75. The summed E-state index contributed by atoms with van der Waals surface area (Å²) in [6.07, 6.45) is 1.61. The van der Waals surface area contributed by atoms with E-state index in [0.29, 0.717) is 5.39 Å². The van der Waals surface area contributed by atoms with Crippen LogP contribution < -0.4 is 0 Å². The van der Waals surface area contributed by atoms with Crippen LogP contribution in [-0.2, 0) is 4.74 Å². The topological polar surface area (TPSA) is 59.4 Å². The summed E-state index contributed by atoms with van der Waals surface area (Å²) in [6, 6.07) is 4.06. The van der Waals surface area contributed by atoms with Crippen molar-refractivity contribution in [2.75, 3.05) is 7.11 Å². The highest BCUT2D eigenvalue weighted by atomic mass is 32.1. The average Bonchev–Trinajstić information content (AvgIpc) is 2.74. The second-order valence-corrected chi connectivity index (χ2v) is 5.77. The van der Waals surface area contributed by atoms with E-state index in [9.17, 15) is 9.90 Å². The fourth-order valence-corrected chi connectivity index (χ4v) is 3.65. The summed E-state index contributed by atoms with van der Waals surface area (Å²) >= 11 is 1.24. The van der Waals surface area contributed by atoms with E-state index in [4.69, 9.17) is 4.74 Å². The molecule has 0 unspecified atom stereocenters. The van der Waals surface area contributed by atoms with Crippen LogP contribution in [-0.4, -0.2) is 23.2 Å². The van der Waals surface area contributed by atoms with Gasteiger partial charge in [0.1, 0.15) is 5.75 Å². The number of thiophene rings is 1. The van der Waals surface area contributed by atoms with Gasteiger partial charge in [-0.25, -0.2) is 4.79 Å². The molecule has 102 valence electrons. The maximum Gasteiger partial charge on any atom is 0.351 e. The molecule has 3 aromatic rings.